The van der Waals surface area contributed by atoms with Gasteiger partial charge in [-0.05, 0) is 18.2 Å². The van der Waals surface area contributed by atoms with E-state index in [1.165, 1.54) is 0 Å². The number of aliphatic hydroxyl groups excluding tert-OH is 1. The molecular formula is C19H18ClN5O. The van der Waals surface area contributed by atoms with E-state index in [2.05, 4.69) is 25.6 Å². The fourth-order valence-electron chi connectivity index (χ4n) is 2.99. The molecule has 0 fully saturated rings. The van der Waals surface area contributed by atoms with E-state index in [0.29, 0.717) is 36.0 Å². The number of hydrogen-bond acceptors (Lipinski definition) is 6. The summed E-state index contributed by atoms with van der Waals surface area (Å²) < 4.78 is 0. The summed E-state index contributed by atoms with van der Waals surface area (Å²) in [6.07, 6.45) is 2.73. The Kier molecular flexibility index (Phi) is 4.79. The Bertz CT molecular complexity index is 919. The highest BCUT2D eigenvalue weighted by molar-refractivity contribution is 6.31. The zero-order valence-corrected chi connectivity index (χ0v) is 14.7. The van der Waals surface area contributed by atoms with Crippen molar-refractivity contribution in [2.45, 2.75) is 19.2 Å². The highest BCUT2D eigenvalue weighted by Gasteiger charge is 2.20. The smallest absolute Gasteiger partial charge is 0.163 e. The van der Waals surface area contributed by atoms with Gasteiger partial charge in [0.1, 0.15) is 5.82 Å². The second-order valence-corrected chi connectivity index (χ2v) is 6.49. The lowest BCUT2D eigenvalue weighted by Gasteiger charge is -2.16. The van der Waals surface area contributed by atoms with Crippen molar-refractivity contribution >= 4 is 17.4 Å². The molecule has 0 saturated carbocycles. The van der Waals surface area contributed by atoms with E-state index < -0.39 is 6.10 Å². The molecule has 0 bridgehead atoms. The molecule has 132 valence electrons. The molecule has 2 aromatic heterocycles. The van der Waals surface area contributed by atoms with Gasteiger partial charge < -0.3 is 15.7 Å². The molecule has 1 aliphatic heterocycles. The zero-order chi connectivity index (χ0) is 17.9. The highest BCUT2D eigenvalue weighted by Crippen LogP contribution is 2.27. The average Bonchev–Trinajstić information content (AvgIpc) is 3.15. The van der Waals surface area contributed by atoms with Crippen molar-refractivity contribution in [3.63, 3.8) is 0 Å². The first-order valence-electron chi connectivity index (χ1n) is 8.39. The SMILES string of the molecule is O[C@H](CNc1nc(-c2cccnc2)nc2c1CNC2)c1ccccc1Cl. The van der Waals surface area contributed by atoms with Gasteiger partial charge in [-0.3, -0.25) is 4.98 Å². The number of halogens is 1. The van der Waals surface area contributed by atoms with Crippen molar-refractivity contribution in [2.24, 2.45) is 0 Å². The predicted octanol–water partition coefficient (Wildman–Crippen LogP) is 2.94. The minimum atomic E-state index is -0.731. The normalized spacial score (nSPS) is 14.1. The van der Waals surface area contributed by atoms with E-state index in [9.17, 15) is 5.11 Å². The van der Waals surface area contributed by atoms with E-state index in [-0.39, 0.29) is 0 Å². The van der Waals surface area contributed by atoms with Crippen molar-refractivity contribution in [1.82, 2.24) is 20.3 Å². The molecule has 3 N–H and O–H groups in total. The third kappa shape index (κ3) is 3.39. The fourth-order valence-corrected chi connectivity index (χ4v) is 3.25. The molecule has 0 amide bonds. The first-order chi connectivity index (χ1) is 12.7. The molecule has 4 rings (SSSR count). The number of rotatable bonds is 5. The van der Waals surface area contributed by atoms with Crippen LogP contribution in [0.15, 0.2) is 48.8 Å². The van der Waals surface area contributed by atoms with Crippen molar-refractivity contribution in [2.75, 3.05) is 11.9 Å². The lowest BCUT2D eigenvalue weighted by atomic mass is 10.1. The molecule has 6 nitrogen and oxygen atoms in total. The number of fused-ring (bicyclic) bond motifs is 1. The molecule has 3 heterocycles. The summed E-state index contributed by atoms with van der Waals surface area (Å²) in [7, 11) is 0. The standard InChI is InChI=1S/C19H18ClN5O/c20-15-6-2-1-5-13(15)17(26)11-23-19-14-9-22-10-16(14)24-18(25-19)12-4-3-7-21-8-12/h1-8,17,22,26H,9-11H2,(H,23,24,25)/t17-/m1/s1. The Balaban J connectivity index is 1.60. The van der Waals surface area contributed by atoms with Crippen LogP contribution in [0, 0.1) is 0 Å². The van der Waals surface area contributed by atoms with Gasteiger partial charge in [0.05, 0.1) is 11.8 Å². The van der Waals surface area contributed by atoms with Gasteiger partial charge in [-0.15, -0.1) is 0 Å². The molecule has 0 aliphatic carbocycles. The van der Waals surface area contributed by atoms with Gasteiger partial charge in [0, 0.05) is 53.7 Å². The summed E-state index contributed by atoms with van der Waals surface area (Å²) in [4.78, 5) is 13.4. The van der Waals surface area contributed by atoms with Crippen LogP contribution in [-0.4, -0.2) is 26.6 Å². The summed E-state index contributed by atoms with van der Waals surface area (Å²) in [6, 6.07) is 11.1. The number of nitrogens with zero attached hydrogens (tertiary/aromatic N) is 3. The molecule has 26 heavy (non-hydrogen) atoms. The third-order valence-corrected chi connectivity index (χ3v) is 4.68. The van der Waals surface area contributed by atoms with Crippen molar-refractivity contribution < 1.29 is 5.11 Å². The highest BCUT2D eigenvalue weighted by atomic mass is 35.5. The van der Waals surface area contributed by atoms with Gasteiger partial charge >= 0.3 is 0 Å². The molecule has 7 heteroatoms. The minimum Gasteiger partial charge on any atom is -0.387 e. The van der Waals surface area contributed by atoms with E-state index >= 15 is 0 Å². The van der Waals surface area contributed by atoms with Crippen LogP contribution in [0.2, 0.25) is 5.02 Å². The van der Waals surface area contributed by atoms with Crippen LogP contribution >= 0.6 is 11.6 Å². The lowest BCUT2D eigenvalue weighted by Crippen LogP contribution is -2.15. The number of nitrogens with one attached hydrogen (secondary N) is 2. The maximum atomic E-state index is 10.5. The number of aliphatic hydroxyl groups is 1. The van der Waals surface area contributed by atoms with Gasteiger partial charge in [0.25, 0.3) is 0 Å². The van der Waals surface area contributed by atoms with Crippen molar-refractivity contribution in [1.29, 1.82) is 0 Å². The molecule has 0 saturated heterocycles. The fraction of sp³-hybridized carbons (Fsp3) is 0.211. The van der Waals surface area contributed by atoms with E-state index in [1.807, 2.05) is 30.3 Å². The van der Waals surface area contributed by atoms with Crippen LogP contribution in [0.3, 0.4) is 0 Å². The van der Waals surface area contributed by atoms with Crippen LogP contribution < -0.4 is 10.6 Å². The predicted molar refractivity (Wildman–Crippen MR) is 101 cm³/mol. The van der Waals surface area contributed by atoms with Crippen LogP contribution in [0.4, 0.5) is 5.82 Å². The number of anilines is 1. The van der Waals surface area contributed by atoms with Crippen molar-refractivity contribution in [3.05, 3.63) is 70.6 Å². The molecule has 0 spiro atoms. The largest absolute Gasteiger partial charge is 0.387 e. The first-order valence-corrected chi connectivity index (χ1v) is 8.77. The van der Waals surface area contributed by atoms with Crippen molar-refractivity contribution in [3.8, 4) is 11.4 Å². The topological polar surface area (TPSA) is 83.0 Å². The van der Waals surface area contributed by atoms with Crippen LogP contribution in [0.5, 0.6) is 0 Å². The number of aromatic nitrogens is 3. The summed E-state index contributed by atoms with van der Waals surface area (Å²) in [6.45, 7) is 1.71. The van der Waals surface area contributed by atoms with Crippen LogP contribution in [0.25, 0.3) is 11.4 Å². The zero-order valence-electron chi connectivity index (χ0n) is 14.0. The van der Waals surface area contributed by atoms with Gasteiger partial charge in [0.2, 0.25) is 0 Å². The van der Waals surface area contributed by atoms with Gasteiger partial charge in [-0.25, -0.2) is 9.97 Å². The van der Waals surface area contributed by atoms with Gasteiger partial charge in [0.15, 0.2) is 5.82 Å². The maximum Gasteiger partial charge on any atom is 0.163 e. The number of benzene rings is 1. The van der Waals surface area contributed by atoms with Crippen LogP contribution in [0.1, 0.15) is 22.9 Å². The third-order valence-electron chi connectivity index (χ3n) is 4.33. The molecule has 1 aliphatic rings. The Hall–Kier alpha value is -2.54. The Morgan fingerprint density at radius 2 is 2.04 bits per heavy atom. The average molecular weight is 368 g/mol. The monoisotopic (exact) mass is 367 g/mol. The summed E-state index contributed by atoms with van der Waals surface area (Å²) in [5, 5.41) is 17.6. The van der Waals surface area contributed by atoms with Gasteiger partial charge in [-0.1, -0.05) is 29.8 Å². The molecule has 3 aromatic rings. The first kappa shape index (κ1) is 16.9. The quantitative estimate of drug-likeness (QED) is 0.643. The summed E-state index contributed by atoms with van der Waals surface area (Å²) in [5.41, 5.74) is 3.55. The maximum absolute atomic E-state index is 10.5. The molecule has 1 aromatic carbocycles. The molecule has 1 atom stereocenters. The summed E-state index contributed by atoms with van der Waals surface area (Å²) in [5.74, 6) is 1.35. The summed E-state index contributed by atoms with van der Waals surface area (Å²) >= 11 is 6.17. The Morgan fingerprint density at radius 3 is 2.85 bits per heavy atom. The second kappa shape index (κ2) is 7.37. The second-order valence-electron chi connectivity index (χ2n) is 6.08. The number of hydrogen-bond donors (Lipinski definition) is 3. The van der Waals surface area contributed by atoms with Gasteiger partial charge in [-0.2, -0.15) is 0 Å². The van der Waals surface area contributed by atoms with E-state index in [0.717, 1.165) is 22.6 Å². The Morgan fingerprint density at radius 1 is 1.15 bits per heavy atom. The molecular weight excluding hydrogens is 350 g/mol. The van der Waals surface area contributed by atoms with Crippen LogP contribution in [-0.2, 0) is 13.1 Å². The molecule has 0 unspecified atom stereocenters. The lowest BCUT2D eigenvalue weighted by molar-refractivity contribution is 0.191. The minimum absolute atomic E-state index is 0.305. The van der Waals surface area contributed by atoms with E-state index in [4.69, 9.17) is 11.6 Å². The Labute approximate surface area is 156 Å². The number of pyridine rings is 1. The molecule has 0 radical (unpaired) electrons. The van der Waals surface area contributed by atoms with E-state index in [1.54, 1.807) is 18.5 Å².